The molecule has 2 aliphatic rings. The topological polar surface area (TPSA) is 54.1 Å². The van der Waals surface area contributed by atoms with Gasteiger partial charge in [0.05, 0.1) is 19.7 Å². The molecule has 2 fully saturated rings. The Labute approximate surface area is 145 Å². The van der Waals surface area contributed by atoms with Gasteiger partial charge in [0.1, 0.15) is 5.75 Å². The van der Waals surface area contributed by atoms with Crippen molar-refractivity contribution in [1.82, 2.24) is 9.80 Å². The van der Waals surface area contributed by atoms with Crippen LogP contribution in [0, 0.1) is 0 Å². The Bertz CT molecular complexity index is 547. The zero-order valence-corrected chi connectivity index (χ0v) is 14.9. The molecule has 2 N–H and O–H groups in total. The second-order valence-electron chi connectivity index (χ2n) is 6.93. The third-order valence-corrected chi connectivity index (χ3v) is 5.21. The molecule has 1 aliphatic carbocycles. The lowest BCUT2D eigenvalue weighted by molar-refractivity contribution is 0.167. The quantitative estimate of drug-likeness (QED) is 0.643. The molecule has 1 aromatic rings. The zero-order chi connectivity index (χ0) is 16.9. The van der Waals surface area contributed by atoms with Crippen molar-refractivity contribution in [3.8, 4) is 5.75 Å². The molecule has 0 amide bonds. The Kier molecular flexibility index (Phi) is 5.61. The summed E-state index contributed by atoms with van der Waals surface area (Å²) in [6, 6.07) is 9.29. The molecule has 0 radical (unpaired) electrons. The van der Waals surface area contributed by atoms with E-state index in [1.54, 1.807) is 7.11 Å². The normalized spacial score (nSPS) is 20.7. The van der Waals surface area contributed by atoms with Crippen molar-refractivity contribution in [3.05, 3.63) is 29.8 Å². The van der Waals surface area contributed by atoms with E-state index in [2.05, 4.69) is 29.0 Å². The molecule has 1 saturated heterocycles. The van der Waals surface area contributed by atoms with Gasteiger partial charge in [-0.05, 0) is 56.5 Å². The van der Waals surface area contributed by atoms with Crippen molar-refractivity contribution in [2.24, 2.45) is 10.7 Å². The summed E-state index contributed by atoms with van der Waals surface area (Å²) >= 11 is 0. The first-order valence-electron chi connectivity index (χ1n) is 9.10. The zero-order valence-electron chi connectivity index (χ0n) is 14.9. The van der Waals surface area contributed by atoms with Crippen molar-refractivity contribution in [2.75, 3.05) is 33.8 Å². The van der Waals surface area contributed by atoms with E-state index in [0.29, 0.717) is 18.0 Å². The minimum Gasteiger partial charge on any atom is -0.497 e. The monoisotopic (exact) mass is 330 g/mol. The Hall–Kier alpha value is -1.75. The summed E-state index contributed by atoms with van der Waals surface area (Å²) in [5.41, 5.74) is 7.49. The molecule has 3 rings (SSSR count). The van der Waals surface area contributed by atoms with Crippen molar-refractivity contribution < 1.29 is 4.74 Å². The number of rotatable bonds is 6. The molecule has 5 nitrogen and oxygen atoms in total. The van der Waals surface area contributed by atoms with Crippen LogP contribution in [0.2, 0.25) is 0 Å². The standard InChI is InChI=1S/C19H30N4O/c1-22(16-8-9-16)19(20)21-14-18(23-12-4-3-5-13-23)15-6-10-17(24-2)11-7-15/h6-7,10-11,16,18H,3-5,8-9,12-14H2,1-2H3,(H2,20,21)/t18-/m0/s1. The van der Waals surface area contributed by atoms with E-state index in [1.807, 2.05) is 12.1 Å². The van der Waals surface area contributed by atoms with Gasteiger partial charge in [-0.25, -0.2) is 0 Å². The van der Waals surface area contributed by atoms with Crippen LogP contribution in [-0.4, -0.2) is 55.6 Å². The van der Waals surface area contributed by atoms with Crippen molar-refractivity contribution in [2.45, 2.75) is 44.2 Å². The number of hydrogen-bond acceptors (Lipinski definition) is 3. The second kappa shape index (κ2) is 7.88. The van der Waals surface area contributed by atoms with E-state index in [0.717, 1.165) is 25.4 Å². The summed E-state index contributed by atoms with van der Waals surface area (Å²) < 4.78 is 5.29. The van der Waals surface area contributed by atoms with Gasteiger partial charge in [0.2, 0.25) is 0 Å². The van der Waals surface area contributed by atoms with Crippen LogP contribution >= 0.6 is 0 Å². The number of hydrogen-bond donors (Lipinski definition) is 1. The molecule has 1 heterocycles. The van der Waals surface area contributed by atoms with Gasteiger partial charge in [-0.1, -0.05) is 18.6 Å². The highest BCUT2D eigenvalue weighted by Crippen LogP contribution is 2.28. The molecule has 132 valence electrons. The molecule has 0 aromatic heterocycles. The third-order valence-electron chi connectivity index (χ3n) is 5.21. The van der Waals surface area contributed by atoms with Gasteiger partial charge in [0.15, 0.2) is 5.96 Å². The number of methoxy groups -OCH3 is 1. The number of nitrogens with two attached hydrogens (primary N) is 1. The summed E-state index contributed by atoms with van der Waals surface area (Å²) in [5, 5.41) is 0. The Balaban J connectivity index is 1.74. The lowest BCUT2D eigenvalue weighted by Crippen LogP contribution is -2.38. The lowest BCUT2D eigenvalue weighted by atomic mass is 10.0. The van der Waals surface area contributed by atoms with Gasteiger partial charge in [0.25, 0.3) is 0 Å². The van der Waals surface area contributed by atoms with Crippen LogP contribution in [0.15, 0.2) is 29.3 Å². The van der Waals surface area contributed by atoms with Gasteiger partial charge in [0, 0.05) is 13.1 Å². The number of benzene rings is 1. The predicted molar refractivity (Wildman–Crippen MR) is 98.4 cm³/mol. The Morgan fingerprint density at radius 1 is 1.25 bits per heavy atom. The fraction of sp³-hybridized carbons (Fsp3) is 0.632. The number of guanidine groups is 1. The van der Waals surface area contributed by atoms with E-state index in [9.17, 15) is 0 Å². The van der Waals surface area contributed by atoms with E-state index < -0.39 is 0 Å². The van der Waals surface area contributed by atoms with Crippen LogP contribution < -0.4 is 10.5 Å². The molecule has 0 unspecified atom stereocenters. The van der Waals surface area contributed by atoms with Crippen molar-refractivity contribution in [1.29, 1.82) is 0 Å². The molecule has 0 spiro atoms. The van der Waals surface area contributed by atoms with E-state index in [-0.39, 0.29) is 0 Å². The summed E-state index contributed by atoms with van der Waals surface area (Å²) in [6.45, 7) is 3.00. The molecular formula is C19H30N4O. The fourth-order valence-electron chi connectivity index (χ4n) is 3.43. The number of nitrogens with zero attached hydrogens (tertiary/aromatic N) is 3. The largest absolute Gasteiger partial charge is 0.497 e. The molecule has 1 aliphatic heterocycles. The fourth-order valence-corrected chi connectivity index (χ4v) is 3.43. The first kappa shape index (κ1) is 17.1. The SMILES string of the molecule is COc1ccc([C@H](CN=C(N)N(C)C2CC2)N2CCCCC2)cc1. The maximum Gasteiger partial charge on any atom is 0.191 e. The van der Waals surface area contributed by atoms with Crippen molar-refractivity contribution >= 4 is 5.96 Å². The third kappa shape index (κ3) is 4.20. The Morgan fingerprint density at radius 2 is 1.92 bits per heavy atom. The van der Waals surface area contributed by atoms with Crippen LogP contribution in [0.3, 0.4) is 0 Å². The van der Waals surface area contributed by atoms with Gasteiger partial charge in [-0.2, -0.15) is 0 Å². The maximum absolute atomic E-state index is 6.20. The number of ether oxygens (including phenoxy) is 1. The minimum absolute atomic E-state index is 0.294. The maximum atomic E-state index is 6.20. The molecule has 1 saturated carbocycles. The number of aliphatic imine (C=N–C) groups is 1. The molecule has 24 heavy (non-hydrogen) atoms. The average molecular weight is 330 g/mol. The molecule has 1 aromatic carbocycles. The van der Waals surface area contributed by atoms with Crippen molar-refractivity contribution in [3.63, 3.8) is 0 Å². The highest BCUT2D eigenvalue weighted by atomic mass is 16.5. The van der Waals surface area contributed by atoms with Crippen LogP contribution in [-0.2, 0) is 0 Å². The van der Waals surface area contributed by atoms with Gasteiger partial charge in [-0.15, -0.1) is 0 Å². The lowest BCUT2D eigenvalue weighted by Gasteiger charge is -2.34. The smallest absolute Gasteiger partial charge is 0.191 e. The average Bonchev–Trinajstić information content (AvgIpc) is 3.47. The Morgan fingerprint density at radius 3 is 2.50 bits per heavy atom. The van der Waals surface area contributed by atoms with Crippen LogP contribution in [0.5, 0.6) is 5.75 Å². The second-order valence-corrected chi connectivity index (χ2v) is 6.93. The highest BCUT2D eigenvalue weighted by molar-refractivity contribution is 5.78. The van der Waals surface area contributed by atoms with Crippen LogP contribution in [0.4, 0.5) is 0 Å². The molecular weight excluding hydrogens is 300 g/mol. The van der Waals surface area contributed by atoms with Gasteiger partial charge < -0.3 is 15.4 Å². The predicted octanol–water partition coefficient (Wildman–Crippen LogP) is 2.63. The van der Waals surface area contributed by atoms with Gasteiger partial charge >= 0.3 is 0 Å². The molecule has 0 bridgehead atoms. The number of likely N-dealkylation sites (tertiary alicyclic amines) is 1. The summed E-state index contributed by atoms with van der Waals surface area (Å²) in [4.78, 5) is 9.41. The van der Waals surface area contributed by atoms with E-state index in [4.69, 9.17) is 15.5 Å². The van der Waals surface area contributed by atoms with Crippen LogP contribution in [0.1, 0.15) is 43.7 Å². The van der Waals surface area contributed by atoms with Crippen LogP contribution in [0.25, 0.3) is 0 Å². The summed E-state index contributed by atoms with van der Waals surface area (Å²) in [5.74, 6) is 1.57. The summed E-state index contributed by atoms with van der Waals surface area (Å²) in [6.07, 6.45) is 6.35. The minimum atomic E-state index is 0.294. The van der Waals surface area contributed by atoms with E-state index >= 15 is 0 Å². The molecule has 5 heteroatoms. The highest BCUT2D eigenvalue weighted by Gasteiger charge is 2.28. The first-order chi connectivity index (χ1) is 11.7. The summed E-state index contributed by atoms with van der Waals surface area (Å²) in [7, 11) is 3.76. The number of piperidine rings is 1. The van der Waals surface area contributed by atoms with Gasteiger partial charge in [-0.3, -0.25) is 9.89 Å². The van der Waals surface area contributed by atoms with E-state index in [1.165, 1.54) is 37.7 Å². The molecule has 1 atom stereocenters. The first-order valence-corrected chi connectivity index (χ1v) is 9.10.